The molecule has 2 aromatic rings. The molecule has 0 spiro atoms. The summed E-state index contributed by atoms with van der Waals surface area (Å²) < 4.78 is 10.4. The average Bonchev–Trinajstić information content (AvgIpc) is 2.66. The highest BCUT2D eigenvalue weighted by atomic mass is 16.5. The Hall–Kier alpha value is -3.25. The van der Waals surface area contributed by atoms with E-state index in [0.717, 1.165) is 16.9 Å². The van der Waals surface area contributed by atoms with Crippen molar-refractivity contribution in [1.29, 1.82) is 0 Å². The van der Waals surface area contributed by atoms with Crippen LogP contribution in [-0.4, -0.2) is 19.5 Å². The Labute approximate surface area is 148 Å². The molecule has 0 heterocycles. The molecule has 0 atom stereocenters. The highest BCUT2D eigenvalue weighted by molar-refractivity contribution is 6.12. The molecule has 3 heteroatoms. The van der Waals surface area contributed by atoms with Crippen LogP contribution in [0.4, 0.5) is 0 Å². The maximum Gasteiger partial charge on any atom is 0.235 e. The molecule has 0 radical (unpaired) electrons. The second-order valence-corrected chi connectivity index (χ2v) is 5.13. The first kappa shape index (κ1) is 18.1. The standard InChI is InChI=1S/C22H20O3/c1-4-25-17(2)22(23)20(16-19-8-6-5-7-9-19)13-10-18-11-14-21(24-3)15-12-18/h5-9,11-12,14-16H,2,4H2,1,3H3/b20-16+. The average molecular weight is 332 g/mol. The molecule has 0 aliphatic heterocycles. The Kier molecular flexibility index (Phi) is 6.62. The van der Waals surface area contributed by atoms with Gasteiger partial charge in [0.1, 0.15) is 5.75 Å². The van der Waals surface area contributed by atoms with Crippen LogP contribution in [0.3, 0.4) is 0 Å². The van der Waals surface area contributed by atoms with Crippen molar-refractivity contribution in [3.63, 3.8) is 0 Å². The molecule has 0 bridgehead atoms. The van der Waals surface area contributed by atoms with Crippen LogP contribution >= 0.6 is 0 Å². The van der Waals surface area contributed by atoms with Crippen molar-refractivity contribution in [2.24, 2.45) is 0 Å². The molecule has 0 amide bonds. The summed E-state index contributed by atoms with van der Waals surface area (Å²) in [7, 11) is 1.61. The highest BCUT2D eigenvalue weighted by Gasteiger charge is 2.13. The Balaban J connectivity index is 2.35. The lowest BCUT2D eigenvalue weighted by molar-refractivity contribution is -0.114. The molecule has 0 saturated heterocycles. The molecular formula is C22H20O3. The van der Waals surface area contributed by atoms with Crippen LogP contribution < -0.4 is 4.74 Å². The fourth-order valence-corrected chi connectivity index (χ4v) is 2.08. The van der Waals surface area contributed by atoms with E-state index in [1.54, 1.807) is 13.2 Å². The lowest BCUT2D eigenvalue weighted by Gasteiger charge is -2.05. The van der Waals surface area contributed by atoms with Crippen LogP contribution in [0, 0.1) is 11.8 Å². The monoisotopic (exact) mass is 332 g/mol. The van der Waals surface area contributed by atoms with Gasteiger partial charge in [0, 0.05) is 5.56 Å². The largest absolute Gasteiger partial charge is 0.497 e. The maximum atomic E-state index is 12.5. The Bertz CT molecular complexity index is 819. The number of benzene rings is 2. The normalized spacial score (nSPS) is 10.4. The van der Waals surface area contributed by atoms with E-state index in [9.17, 15) is 4.79 Å². The summed E-state index contributed by atoms with van der Waals surface area (Å²) in [6.45, 7) is 5.88. The van der Waals surface area contributed by atoms with Gasteiger partial charge >= 0.3 is 0 Å². The predicted molar refractivity (Wildman–Crippen MR) is 100 cm³/mol. The molecule has 0 aliphatic carbocycles. The van der Waals surface area contributed by atoms with Crippen LogP contribution in [0.2, 0.25) is 0 Å². The van der Waals surface area contributed by atoms with Gasteiger partial charge in [0.05, 0.1) is 19.3 Å². The van der Waals surface area contributed by atoms with Gasteiger partial charge in [-0.05, 0) is 42.8 Å². The SMILES string of the molecule is C=C(OCC)C(=O)/C(C#Cc1ccc(OC)cc1)=C/c1ccccc1. The van der Waals surface area contributed by atoms with Crippen LogP contribution in [0.25, 0.3) is 6.08 Å². The zero-order chi connectivity index (χ0) is 18.1. The number of ether oxygens (including phenoxy) is 2. The lowest BCUT2D eigenvalue weighted by atomic mass is 10.1. The molecule has 3 nitrogen and oxygen atoms in total. The summed E-state index contributed by atoms with van der Waals surface area (Å²) >= 11 is 0. The van der Waals surface area contributed by atoms with Gasteiger partial charge in [-0.1, -0.05) is 48.8 Å². The van der Waals surface area contributed by atoms with Crippen LogP contribution in [0.1, 0.15) is 18.1 Å². The van der Waals surface area contributed by atoms with Gasteiger partial charge in [-0.2, -0.15) is 0 Å². The van der Waals surface area contributed by atoms with Crippen molar-refractivity contribution < 1.29 is 14.3 Å². The zero-order valence-corrected chi connectivity index (χ0v) is 14.4. The molecule has 0 N–H and O–H groups in total. The number of ketones is 1. The third kappa shape index (κ3) is 5.40. The zero-order valence-electron chi connectivity index (χ0n) is 14.4. The number of allylic oxidation sites excluding steroid dienone is 1. The Morgan fingerprint density at radius 3 is 2.40 bits per heavy atom. The van der Waals surface area contributed by atoms with Crippen LogP contribution in [0.15, 0.2) is 72.5 Å². The minimum absolute atomic E-state index is 0.0914. The van der Waals surface area contributed by atoms with Gasteiger partial charge in [0.2, 0.25) is 5.78 Å². The number of Topliss-reactive ketones (excluding diaryl/α,β-unsaturated/α-hetero) is 1. The van der Waals surface area contributed by atoms with Crippen LogP contribution in [-0.2, 0) is 9.53 Å². The molecule has 0 fully saturated rings. The van der Waals surface area contributed by atoms with Gasteiger partial charge < -0.3 is 9.47 Å². The Morgan fingerprint density at radius 1 is 1.12 bits per heavy atom. The fraction of sp³-hybridized carbons (Fsp3) is 0.136. The molecule has 2 aromatic carbocycles. The molecule has 0 aliphatic rings. The maximum absolute atomic E-state index is 12.5. The van der Waals surface area contributed by atoms with E-state index >= 15 is 0 Å². The third-order valence-electron chi connectivity index (χ3n) is 3.36. The number of hydrogen-bond donors (Lipinski definition) is 0. The summed E-state index contributed by atoms with van der Waals surface area (Å²) in [4.78, 5) is 12.5. The summed E-state index contributed by atoms with van der Waals surface area (Å²) in [5.41, 5.74) is 2.01. The first-order valence-corrected chi connectivity index (χ1v) is 7.93. The summed E-state index contributed by atoms with van der Waals surface area (Å²) in [5.74, 6) is 6.48. The van der Waals surface area contributed by atoms with E-state index < -0.39 is 0 Å². The van der Waals surface area contributed by atoms with Crippen molar-refractivity contribution in [2.75, 3.05) is 13.7 Å². The summed E-state index contributed by atoms with van der Waals surface area (Å²) in [5, 5.41) is 0. The van der Waals surface area contributed by atoms with Crippen molar-refractivity contribution in [3.05, 3.63) is 83.6 Å². The van der Waals surface area contributed by atoms with Crippen molar-refractivity contribution in [1.82, 2.24) is 0 Å². The van der Waals surface area contributed by atoms with Crippen molar-refractivity contribution in [2.45, 2.75) is 6.92 Å². The molecule has 126 valence electrons. The highest BCUT2D eigenvalue weighted by Crippen LogP contribution is 2.13. The van der Waals surface area contributed by atoms with Crippen molar-refractivity contribution >= 4 is 11.9 Å². The second kappa shape index (κ2) is 9.14. The molecule has 0 saturated carbocycles. The molecule has 2 rings (SSSR count). The third-order valence-corrected chi connectivity index (χ3v) is 3.36. The number of methoxy groups -OCH3 is 1. The van der Waals surface area contributed by atoms with Gasteiger partial charge in [-0.25, -0.2) is 0 Å². The quantitative estimate of drug-likeness (QED) is 0.451. The van der Waals surface area contributed by atoms with E-state index in [4.69, 9.17) is 9.47 Å². The van der Waals surface area contributed by atoms with Gasteiger partial charge in [0.15, 0.2) is 5.76 Å². The smallest absolute Gasteiger partial charge is 0.235 e. The second-order valence-electron chi connectivity index (χ2n) is 5.13. The van der Waals surface area contributed by atoms with Crippen molar-refractivity contribution in [3.8, 4) is 17.6 Å². The van der Waals surface area contributed by atoms with E-state index in [1.165, 1.54) is 0 Å². The van der Waals surface area contributed by atoms with Gasteiger partial charge in [-0.15, -0.1) is 0 Å². The summed E-state index contributed by atoms with van der Waals surface area (Å²) in [6.07, 6.45) is 1.74. The topological polar surface area (TPSA) is 35.5 Å². The number of carbonyl (C=O) groups is 1. The fourth-order valence-electron chi connectivity index (χ4n) is 2.08. The number of carbonyl (C=O) groups excluding carboxylic acids is 1. The number of rotatable bonds is 6. The number of hydrogen-bond acceptors (Lipinski definition) is 3. The minimum Gasteiger partial charge on any atom is -0.497 e. The lowest BCUT2D eigenvalue weighted by Crippen LogP contribution is -2.07. The molecule has 0 aromatic heterocycles. The molecular weight excluding hydrogens is 312 g/mol. The summed E-state index contributed by atoms with van der Waals surface area (Å²) in [6, 6.07) is 16.9. The van der Waals surface area contributed by atoms with E-state index in [0.29, 0.717) is 12.2 Å². The van der Waals surface area contributed by atoms with Crippen LogP contribution in [0.5, 0.6) is 5.75 Å². The molecule has 0 unspecified atom stereocenters. The predicted octanol–water partition coefficient (Wildman–Crippen LogP) is 4.25. The molecule has 25 heavy (non-hydrogen) atoms. The van der Waals surface area contributed by atoms with E-state index in [2.05, 4.69) is 18.4 Å². The van der Waals surface area contributed by atoms with Gasteiger partial charge in [-0.3, -0.25) is 4.79 Å². The van der Waals surface area contributed by atoms with Gasteiger partial charge in [0.25, 0.3) is 0 Å². The first-order chi connectivity index (χ1) is 12.1. The van der Waals surface area contributed by atoms with E-state index in [-0.39, 0.29) is 11.5 Å². The minimum atomic E-state index is -0.313. The van der Waals surface area contributed by atoms with E-state index in [1.807, 2.05) is 61.5 Å². The Morgan fingerprint density at radius 2 is 1.80 bits per heavy atom. The first-order valence-electron chi connectivity index (χ1n) is 7.93.